The first-order valence-electron chi connectivity index (χ1n) is 6.13. The Kier molecular flexibility index (Phi) is 3.91. The standard InChI is InChI=1S/C15H9Br2FN2O/c16-10-2-4-12-14(5-10)19-8-20(15(12)21)7-9-1-3-11(18)6-13(9)17/h1-6,8H,7H2. The lowest BCUT2D eigenvalue weighted by molar-refractivity contribution is 0.624. The minimum atomic E-state index is -0.320. The molecule has 0 radical (unpaired) electrons. The summed E-state index contributed by atoms with van der Waals surface area (Å²) in [4.78, 5) is 16.7. The van der Waals surface area contributed by atoms with Crippen molar-refractivity contribution >= 4 is 42.8 Å². The van der Waals surface area contributed by atoms with Gasteiger partial charge in [-0.2, -0.15) is 0 Å². The zero-order valence-corrected chi connectivity index (χ0v) is 13.9. The Morgan fingerprint density at radius 2 is 1.95 bits per heavy atom. The fourth-order valence-electron chi connectivity index (χ4n) is 2.08. The van der Waals surface area contributed by atoms with Gasteiger partial charge in [-0.05, 0) is 35.9 Å². The number of hydrogen-bond donors (Lipinski definition) is 0. The number of hydrogen-bond acceptors (Lipinski definition) is 2. The van der Waals surface area contributed by atoms with Crippen LogP contribution in [0.4, 0.5) is 4.39 Å². The molecule has 0 aliphatic rings. The zero-order chi connectivity index (χ0) is 15.0. The molecule has 0 bridgehead atoms. The van der Waals surface area contributed by atoms with E-state index in [4.69, 9.17) is 0 Å². The number of benzene rings is 2. The number of fused-ring (bicyclic) bond motifs is 1. The van der Waals surface area contributed by atoms with Crippen LogP contribution in [0.1, 0.15) is 5.56 Å². The minimum absolute atomic E-state index is 0.122. The van der Waals surface area contributed by atoms with Crippen molar-refractivity contribution in [2.24, 2.45) is 0 Å². The molecule has 0 fully saturated rings. The monoisotopic (exact) mass is 410 g/mol. The highest BCUT2D eigenvalue weighted by Crippen LogP contribution is 2.19. The molecule has 0 aliphatic carbocycles. The van der Waals surface area contributed by atoms with Crippen LogP contribution >= 0.6 is 31.9 Å². The van der Waals surface area contributed by atoms with Crippen LogP contribution in [0.3, 0.4) is 0 Å². The first-order chi connectivity index (χ1) is 10.0. The predicted molar refractivity (Wildman–Crippen MR) is 86.9 cm³/mol. The second kappa shape index (κ2) is 5.69. The summed E-state index contributed by atoms with van der Waals surface area (Å²) in [5.41, 5.74) is 1.34. The molecular weight excluding hydrogens is 403 g/mol. The van der Waals surface area contributed by atoms with Gasteiger partial charge in [0.2, 0.25) is 0 Å². The summed E-state index contributed by atoms with van der Waals surface area (Å²) in [6.45, 7) is 0.332. The van der Waals surface area contributed by atoms with Gasteiger partial charge >= 0.3 is 0 Å². The summed E-state index contributed by atoms with van der Waals surface area (Å²) in [7, 11) is 0. The van der Waals surface area contributed by atoms with Crippen molar-refractivity contribution in [1.82, 2.24) is 9.55 Å². The van der Waals surface area contributed by atoms with Crippen LogP contribution in [0, 0.1) is 5.82 Å². The Morgan fingerprint density at radius 1 is 1.14 bits per heavy atom. The van der Waals surface area contributed by atoms with Gasteiger partial charge in [-0.25, -0.2) is 9.37 Å². The van der Waals surface area contributed by atoms with E-state index in [-0.39, 0.29) is 11.4 Å². The molecule has 3 aromatic rings. The normalized spacial score (nSPS) is 11.0. The van der Waals surface area contributed by atoms with Crippen molar-refractivity contribution in [3.63, 3.8) is 0 Å². The van der Waals surface area contributed by atoms with E-state index in [1.165, 1.54) is 23.0 Å². The molecule has 0 saturated carbocycles. The summed E-state index contributed by atoms with van der Waals surface area (Å²) in [6.07, 6.45) is 1.51. The highest BCUT2D eigenvalue weighted by atomic mass is 79.9. The largest absolute Gasteiger partial charge is 0.294 e. The van der Waals surface area contributed by atoms with Crippen LogP contribution in [0.2, 0.25) is 0 Å². The van der Waals surface area contributed by atoms with Crippen LogP contribution in [-0.2, 0) is 6.54 Å². The molecule has 3 rings (SSSR count). The van der Waals surface area contributed by atoms with Gasteiger partial charge in [-0.3, -0.25) is 9.36 Å². The lowest BCUT2D eigenvalue weighted by Gasteiger charge is -2.08. The molecule has 2 aromatic carbocycles. The van der Waals surface area contributed by atoms with E-state index in [1.54, 1.807) is 18.2 Å². The molecule has 3 nitrogen and oxygen atoms in total. The molecular formula is C15H9Br2FN2O. The van der Waals surface area contributed by atoms with Crippen LogP contribution < -0.4 is 5.56 Å². The first kappa shape index (κ1) is 14.4. The van der Waals surface area contributed by atoms with Crippen molar-refractivity contribution in [1.29, 1.82) is 0 Å². The number of rotatable bonds is 2. The fourth-order valence-corrected chi connectivity index (χ4v) is 2.90. The molecule has 21 heavy (non-hydrogen) atoms. The molecule has 0 atom stereocenters. The molecule has 0 saturated heterocycles. The molecule has 0 aliphatic heterocycles. The third-order valence-electron chi connectivity index (χ3n) is 3.14. The Labute approximate surface area is 136 Å². The zero-order valence-electron chi connectivity index (χ0n) is 10.7. The topological polar surface area (TPSA) is 34.9 Å². The third-order valence-corrected chi connectivity index (χ3v) is 4.37. The third kappa shape index (κ3) is 2.91. The lowest BCUT2D eigenvalue weighted by Crippen LogP contribution is -2.21. The molecule has 1 heterocycles. The van der Waals surface area contributed by atoms with Crippen molar-refractivity contribution in [2.45, 2.75) is 6.54 Å². The highest BCUT2D eigenvalue weighted by Gasteiger charge is 2.07. The summed E-state index contributed by atoms with van der Waals surface area (Å²) in [5, 5.41) is 0.555. The maximum Gasteiger partial charge on any atom is 0.261 e. The van der Waals surface area contributed by atoms with Gasteiger partial charge in [-0.1, -0.05) is 37.9 Å². The van der Waals surface area contributed by atoms with E-state index in [0.717, 1.165) is 10.0 Å². The lowest BCUT2D eigenvalue weighted by atomic mass is 10.2. The number of halogens is 3. The number of nitrogens with zero attached hydrogens (tertiary/aromatic N) is 2. The summed E-state index contributed by atoms with van der Waals surface area (Å²) in [6, 6.07) is 9.75. The summed E-state index contributed by atoms with van der Waals surface area (Å²) < 4.78 is 16.1. The highest BCUT2D eigenvalue weighted by molar-refractivity contribution is 9.10. The van der Waals surface area contributed by atoms with E-state index >= 15 is 0 Å². The van der Waals surface area contributed by atoms with E-state index in [0.29, 0.717) is 21.9 Å². The van der Waals surface area contributed by atoms with Gasteiger partial charge in [0.25, 0.3) is 5.56 Å². The summed E-state index contributed by atoms with van der Waals surface area (Å²) >= 11 is 6.66. The van der Waals surface area contributed by atoms with Crippen LogP contribution in [0.5, 0.6) is 0 Å². The maximum absolute atomic E-state index is 13.1. The SMILES string of the molecule is O=c1c2ccc(Br)cc2ncn1Cc1ccc(F)cc1Br. The van der Waals surface area contributed by atoms with Crippen LogP contribution in [0.15, 0.2) is 56.5 Å². The van der Waals surface area contributed by atoms with E-state index in [9.17, 15) is 9.18 Å². The van der Waals surface area contributed by atoms with Gasteiger partial charge in [0.1, 0.15) is 5.82 Å². The smallest absolute Gasteiger partial charge is 0.261 e. The van der Waals surface area contributed by atoms with Crippen molar-refractivity contribution in [3.05, 3.63) is 73.4 Å². The van der Waals surface area contributed by atoms with Crippen molar-refractivity contribution < 1.29 is 4.39 Å². The van der Waals surface area contributed by atoms with Gasteiger partial charge in [0, 0.05) is 8.95 Å². The fraction of sp³-hybridized carbons (Fsp3) is 0.0667. The van der Waals surface area contributed by atoms with E-state index in [1.807, 2.05) is 6.07 Å². The second-order valence-corrected chi connectivity index (χ2v) is 6.34. The average Bonchev–Trinajstić information content (AvgIpc) is 2.44. The predicted octanol–water partition coefficient (Wildman–Crippen LogP) is 4.11. The van der Waals surface area contributed by atoms with E-state index < -0.39 is 0 Å². The van der Waals surface area contributed by atoms with Crippen LogP contribution in [0.25, 0.3) is 10.9 Å². The molecule has 0 unspecified atom stereocenters. The quantitative estimate of drug-likeness (QED) is 0.636. The average molecular weight is 412 g/mol. The molecule has 0 spiro atoms. The Bertz CT molecular complexity index is 892. The first-order valence-corrected chi connectivity index (χ1v) is 7.72. The van der Waals surface area contributed by atoms with Gasteiger partial charge in [-0.15, -0.1) is 0 Å². The van der Waals surface area contributed by atoms with Gasteiger partial charge < -0.3 is 0 Å². The number of aromatic nitrogens is 2. The Hall–Kier alpha value is -1.53. The maximum atomic E-state index is 13.1. The molecule has 1 aromatic heterocycles. The van der Waals surface area contributed by atoms with Crippen LogP contribution in [-0.4, -0.2) is 9.55 Å². The molecule has 0 amide bonds. The Morgan fingerprint density at radius 3 is 2.71 bits per heavy atom. The molecule has 6 heteroatoms. The molecule has 0 N–H and O–H groups in total. The molecule has 106 valence electrons. The van der Waals surface area contributed by atoms with Gasteiger partial charge in [0.15, 0.2) is 0 Å². The Balaban J connectivity index is 2.07. The summed E-state index contributed by atoms with van der Waals surface area (Å²) in [5.74, 6) is -0.320. The van der Waals surface area contributed by atoms with E-state index in [2.05, 4.69) is 36.8 Å². The van der Waals surface area contributed by atoms with Gasteiger partial charge in [0.05, 0.1) is 23.8 Å². The van der Waals surface area contributed by atoms with Crippen molar-refractivity contribution in [2.75, 3.05) is 0 Å². The van der Waals surface area contributed by atoms with Crippen molar-refractivity contribution in [3.8, 4) is 0 Å². The minimum Gasteiger partial charge on any atom is -0.294 e. The second-order valence-electron chi connectivity index (χ2n) is 4.57.